The summed E-state index contributed by atoms with van der Waals surface area (Å²) in [5, 5.41) is 0. The number of rotatable bonds is 4. The molecule has 0 aromatic heterocycles. The SMILES string of the molecule is CC(=O)O[C@H]1C[C@H]2[C@@H]([C@H](OC(C)=O)CC3=CC(=O)C=C[C@@]32C)[C@@H]2CC[C@H]([C@H](C)[C@H]3C[C@@]4(C)O[C@@](C)(O3)OC4(C)C)[C@@]12C. The molecule has 2 bridgehead atoms. The molecule has 0 aromatic carbocycles. The minimum atomic E-state index is -1.10. The zero-order valence-electron chi connectivity index (χ0n) is 26.7. The Kier molecular flexibility index (Phi) is 6.78. The molecule has 5 fully saturated rings. The van der Waals surface area contributed by atoms with Crippen LogP contribution in [-0.2, 0) is 38.1 Å². The molecule has 2 heterocycles. The van der Waals surface area contributed by atoms with E-state index in [-0.39, 0.29) is 76.5 Å². The van der Waals surface area contributed by atoms with E-state index >= 15 is 0 Å². The Balaban J connectivity index is 1.39. The quantitative estimate of drug-likeness (QED) is 0.390. The van der Waals surface area contributed by atoms with Gasteiger partial charge in [0.05, 0.1) is 11.7 Å². The van der Waals surface area contributed by atoms with Gasteiger partial charge < -0.3 is 23.7 Å². The molecule has 0 aromatic rings. The van der Waals surface area contributed by atoms with Gasteiger partial charge in [-0.25, -0.2) is 0 Å². The molecule has 8 nitrogen and oxygen atoms in total. The molecular formula is C34H48O8. The number of carbonyl (C=O) groups excluding carboxylic acids is 3. The van der Waals surface area contributed by atoms with E-state index in [9.17, 15) is 14.4 Å². The number of esters is 2. The van der Waals surface area contributed by atoms with Crippen molar-refractivity contribution in [3.8, 4) is 0 Å². The third-order valence-corrected chi connectivity index (χ3v) is 12.6. The second-order valence-corrected chi connectivity index (χ2v) is 15.2. The first-order valence-corrected chi connectivity index (χ1v) is 15.8. The van der Waals surface area contributed by atoms with Crippen molar-refractivity contribution in [2.45, 2.75) is 130 Å². The largest absolute Gasteiger partial charge is 0.462 e. The van der Waals surface area contributed by atoms with Gasteiger partial charge in [-0.3, -0.25) is 14.4 Å². The Bertz CT molecular complexity index is 1250. The molecule has 0 unspecified atom stereocenters. The van der Waals surface area contributed by atoms with Crippen LogP contribution >= 0.6 is 0 Å². The van der Waals surface area contributed by atoms with Crippen LogP contribution in [0.2, 0.25) is 0 Å². The molecule has 0 radical (unpaired) electrons. The Morgan fingerprint density at radius 1 is 0.976 bits per heavy atom. The Morgan fingerprint density at radius 2 is 1.67 bits per heavy atom. The van der Waals surface area contributed by atoms with Crippen LogP contribution in [0.25, 0.3) is 0 Å². The van der Waals surface area contributed by atoms with Crippen LogP contribution in [0.1, 0.15) is 94.4 Å². The van der Waals surface area contributed by atoms with Gasteiger partial charge >= 0.3 is 11.9 Å². The van der Waals surface area contributed by atoms with Crippen LogP contribution in [0.15, 0.2) is 23.8 Å². The topological polar surface area (TPSA) is 97.4 Å². The average molecular weight is 585 g/mol. The van der Waals surface area contributed by atoms with Gasteiger partial charge in [-0.05, 0) is 75.9 Å². The summed E-state index contributed by atoms with van der Waals surface area (Å²) in [7, 11) is 0. The first-order chi connectivity index (χ1) is 19.4. The standard InChI is InChI=1S/C34H48O8/c1-18(27-17-32(7)30(4,5)41-34(9,40-27)42-32)23-10-11-24-29-25(16-28(33(23,24)8)39-20(3)36)31(6)13-12-22(37)14-21(31)15-26(29)38-19(2)35/h12-14,18,23-29H,10-11,15-17H2,1-9H3/t18-,23+,24-,25-,26+,27+,28-,29-,31-,32+,33+,34-/m0/s1. The van der Waals surface area contributed by atoms with Crippen molar-refractivity contribution in [3.05, 3.63) is 23.8 Å². The highest BCUT2D eigenvalue weighted by atomic mass is 16.9. The highest BCUT2D eigenvalue weighted by Crippen LogP contribution is 2.68. The van der Waals surface area contributed by atoms with Crippen LogP contribution in [0, 0.1) is 40.4 Å². The lowest BCUT2D eigenvalue weighted by molar-refractivity contribution is -0.385. The molecule has 2 saturated heterocycles. The fourth-order valence-corrected chi connectivity index (χ4v) is 10.4. The summed E-state index contributed by atoms with van der Waals surface area (Å²) in [6.45, 7) is 17.8. The number of allylic oxidation sites excluding steroid dienone is 3. The molecule has 232 valence electrons. The van der Waals surface area contributed by atoms with E-state index in [4.69, 9.17) is 23.7 Å². The Hall–Kier alpha value is -2.03. The van der Waals surface area contributed by atoms with Crippen LogP contribution < -0.4 is 0 Å². The van der Waals surface area contributed by atoms with E-state index in [1.54, 1.807) is 12.2 Å². The van der Waals surface area contributed by atoms with E-state index in [1.807, 2.05) is 13.0 Å². The zero-order valence-corrected chi connectivity index (χ0v) is 26.7. The Morgan fingerprint density at radius 3 is 2.31 bits per heavy atom. The van der Waals surface area contributed by atoms with Crippen LogP contribution in [-0.4, -0.2) is 53.2 Å². The van der Waals surface area contributed by atoms with E-state index in [0.29, 0.717) is 19.3 Å². The molecule has 0 spiro atoms. The lowest BCUT2D eigenvalue weighted by atomic mass is 9.45. The van der Waals surface area contributed by atoms with Crippen molar-refractivity contribution < 1.29 is 38.1 Å². The maximum absolute atomic E-state index is 12.6. The van der Waals surface area contributed by atoms with Crippen molar-refractivity contribution in [2.75, 3.05) is 0 Å². The van der Waals surface area contributed by atoms with Gasteiger partial charge in [0.25, 0.3) is 5.97 Å². The third kappa shape index (κ3) is 4.29. The van der Waals surface area contributed by atoms with Gasteiger partial charge in [0.2, 0.25) is 0 Å². The maximum Gasteiger partial charge on any atom is 0.302 e. The third-order valence-electron chi connectivity index (χ3n) is 12.6. The second-order valence-electron chi connectivity index (χ2n) is 15.2. The fourth-order valence-electron chi connectivity index (χ4n) is 10.4. The van der Waals surface area contributed by atoms with Gasteiger partial charge in [-0.1, -0.05) is 32.4 Å². The first kappa shape index (κ1) is 30.0. The van der Waals surface area contributed by atoms with Gasteiger partial charge in [0.1, 0.15) is 17.8 Å². The van der Waals surface area contributed by atoms with E-state index in [2.05, 4.69) is 41.5 Å². The summed E-state index contributed by atoms with van der Waals surface area (Å²) in [6, 6.07) is 0. The van der Waals surface area contributed by atoms with Crippen molar-refractivity contribution >= 4 is 17.7 Å². The first-order valence-electron chi connectivity index (χ1n) is 15.8. The number of carbonyl (C=O) groups is 3. The van der Waals surface area contributed by atoms with Crippen LogP contribution in [0.4, 0.5) is 0 Å². The van der Waals surface area contributed by atoms with Gasteiger partial charge in [0, 0.05) is 50.4 Å². The molecule has 0 amide bonds. The second kappa shape index (κ2) is 9.48. The molecule has 6 rings (SSSR count). The molecule has 42 heavy (non-hydrogen) atoms. The molecule has 3 saturated carbocycles. The smallest absolute Gasteiger partial charge is 0.302 e. The normalized spacial score (nSPS) is 49.3. The van der Waals surface area contributed by atoms with Crippen molar-refractivity contribution in [3.63, 3.8) is 0 Å². The molecule has 8 heteroatoms. The maximum atomic E-state index is 12.6. The van der Waals surface area contributed by atoms with Gasteiger partial charge in [-0.15, -0.1) is 0 Å². The summed E-state index contributed by atoms with van der Waals surface area (Å²) >= 11 is 0. The highest BCUT2D eigenvalue weighted by molar-refractivity contribution is 6.01. The predicted molar refractivity (Wildman–Crippen MR) is 154 cm³/mol. The summed E-state index contributed by atoms with van der Waals surface area (Å²) in [6.07, 6.45) is 8.50. The predicted octanol–water partition coefficient (Wildman–Crippen LogP) is 5.68. The number of hydrogen-bond acceptors (Lipinski definition) is 8. The van der Waals surface area contributed by atoms with Crippen LogP contribution in [0.3, 0.4) is 0 Å². The fraction of sp³-hybridized carbons (Fsp3) is 0.794. The summed E-state index contributed by atoms with van der Waals surface area (Å²) in [5.74, 6) is -1.07. The Labute approximate surface area is 249 Å². The van der Waals surface area contributed by atoms with Crippen molar-refractivity contribution in [1.82, 2.24) is 0 Å². The lowest BCUT2D eigenvalue weighted by Gasteiger charge is -2.61. The summed E-state index contributed by atoms with van der Waals surface area (Å²) < 4.78 is 31.6. The molecule has 4 aliphatic carbocycles. The monoisotopic (exact) mass is 584 g/mol. The minimum Gasteiger partial charge on any atom is -0.462 e. The molecule has 0 N–H and O–H groups in total. The molecule has 2 aliphatic heterocycles. The summed E-state index contributed by atoms with van der Waals surface area (Å²) in [4.78, 5) is 37.5. The van der Waals surface area contributed by atoms with E-state index < -0.39 is 17.2 Å². The lowest BCUT2D eigenvalue weighted by Crippen LogP contribution is -2.62. The van der Waals surface area contributed by atoms with E-state index in [1.165, 1.54) is 13.8 Å². The molecule has 12 atom stereocenters. The highest BCUT2D eigenvalue weighted by Gasteiger charge is 2.69. The van der Waals surface area contributed by atoms with Gasteiger partial charge in [-0.2, -0.15) is 0 Å². The minimum absolute atomic E-state index is 0.0329. The zero-order chi connectivity index (χ0) is 30.6. The summed E-state index contributed by atoms with van der Waals surface area (Å²) in [5.41, 5.74) is -0.698. The van der Waals surface area contributed by atoms with Crippen LogP contribution in [0.5, 0.6) is 0 Å². The van der Waals surface area contributed by atoms with Crippen molar-refractivity contribution in [1.29, 1.82) is 0 Å². The number of hydrogen-bond donors (Lipinski definition) is 0. The molecule has 6 aliphatic rings. The molecular weight excluding hydrogens is 536 g/mol. The van der Waals surface area contributed by atoms with Crippen molar-refractivity contribution in [2.24, 2.45) is 40.4 Å². The number of ketones is 1. The average Bonchev–Trinajstić information content (AvgIpc) is 3.27. The number of ether oxygens (including phenoxy) is 5. The van der Waals surface area contributed by atoms with E-state index in [0.717, 1.165) is 18.4 Å². The number of fused-ring (bicyclic) bond motifs is 7. The van der Waals surface area contributed by atoms with Gasteiger partial charge in [0.15, 0.2) is 5.78 Å².